The summed E-state index contributed by atoms with van der Waals surface area (Å²) >= 11 is 0. The molecule has 4 heteroatoms. The number of aromatic nitrogens is 1. The third kappa shape index (κ3) is 4.44. The number of rotatable bonds is 1. The van der Waals surface area contributed by atoms with Crippen molar-refractivity contribution in [2.24, 2.45) is 0 Å². The molecule has 1 aromatic heterocycles. The number of carbonyl (C=O) groups excluding carboxylic acids is 1. The Bertz CT molecular complexity index is 339. The summed E-state index contributed by atoms with van der Waals surface area (Å²) in [4.78, 5) is 15.3. The number of carbonyl (C=O) groups is 1. The first kappa shape index (κ1) is 11.5. The van der Waals surface area contributed by atoms with Crippen LogP contribution in [0, 0.1) is 6.92 Å². The molecule has 1 rings (SSSR count). The van der Waals surface area contributed by atoms with E-state index >= 15 is 0 Å². The van der Waals surface area contributed by atoms with E-state index in [0.29, 0.717) is 5.88 Å². The molecule has 1 heterocycles. The van der Waals surface area contributed by atoms with E-state index in [4.69, 9.17) is 4.74 Å². The van der Waals surface area contributed by atoms with Crippen molar-refractivity contribution in [1.29, 1.82) is 0 Å². The molecule has 0 radical (unpaired) electrons. The second kappa shape index (κ2) is 4.29. The molecule has 4 nitrogen and oxygen atoms in total. The zero-order chi connectivity index (χ0) is 11.5. The Balaban J connectivity index is 2.55. The normalized spacial score (nSPS) is 10.9. The number of hydrogen-bond donors (Lipinski definition) is 1. The van der Waals surface area contributed by atoms with Gasteiger partial charge < -0.3 is 10.1 Å². The Labute approximate surface area is 89.7 Å². The topological polar surface area (TPSA) is 51.2 Å². The maximum Gasteiger partial charge on any atom is 0.414 e. The SMILES string of the molecule is Cc1ccc(OC(=O)NC(C)(C)C)nc1. The van der Waals surface area contributed by atoms with E-state index in [0.717, 1.165) is 5.56 Å². The average Bonchev–Trinajstić information content (AvgIpc) is 2.05. The minimum absolute atomic E-state index is 0.304. The van der Waals surface area contributed by atoms with Crippen LogP contribution < -0.4 is 10.1 Å². The van der Waals surface area contributed by atoms with Gasteiger partial charge in [-0.3, -0.25) is 0 Å². The van der Waals surface area contributed by atoms with Crippen molar-refractivity contribution in [3.63, 3.8) is 0 Å². The zero-order valence-corrected chi connectivity index (χ0v) is 9.50. The molecule has 0 bridgehead atoms. The van der Waals surface area contributed by atoms with Crippen LogP contribution in [0.3, 0.4) is 0 Å². The first-order valence-corrected chi connectivity index (χ1v) is 4.79. The smallest absolute Gasteiger partial charge is 0.391 e. The molecule has 1 N–H and O–H groups in total. The van der Waals surface area contributed by atoms with Crippen LogP contribution in [0.2, 0.25) is 0 Å². The summed E-state index contributed by atoms with van der Waals surface area (Å²) in [7, 11) is 0. The molecular formula is C11H16N2O2. The minimum atomic E-state index is -0.487. The summed E-state index contributed by atoms with van der Waals surface area (Å²) in [6.07, 6.45) is 1.17. The molecule has 0 aliphatic rings. The monoisotopic (exact) mass is 208 g/mol. The fraction of sp³-hybridized carbons (Fsp3) is 0.455. The third-order valence-corrected chi connectivity index (χ3v) is 1.56. The van der Waals surface area contributed by atoms with Gasteiger partial charge in [-0.25, -0.2) is 9.78 Å². The Morgan fingerprint density at radius 2 is 2.07 bits per heavy atom. The first-order valence-electron chi connectivity index (χ1n) is 4.79. The zero-order valence-electron chi connectivity index (χ0n) is 9.50. The first-order chi connectivity index (χ1) is 6.87. The van der Waals surface area contributed by atoms with Crippen molar-refractivity contribution in [2.45, 2.75) is 33.2 Å². The lowest BCUT2D eigenvalue weighted by atomic mass is 10.1. The summed E-state index contributed by atoms with van der Waals surface area (Å²) in [5.74, 6) is 0.308. The Kier molecular flexibility index (Phi) is 3.29. The molecule has 0 saturated carbocycles. The van der Waals surface area contributed by atoms with Gasteiger partial charge in [-0.2, -0.15) is 0 Å². The highest BCUT2D eigenvalue weighted by Crippen LogP contribution is 2.07. The lowest BCUT2D eigenvalue weighted by Gasteiger charge is -2.19. The minimum Gasteiger partial charge on any atom is -0.391 e. The molecule has 0 aliphatic carbocycles. The Hall–Kier alpha value is -1.58. The number of amides is 1. The maximum absolute atomic E-state index is 11.3. The fourth-order valence-electron chi connectivity index (χ4n) is 0.941. The van der Waals surface area contributed by atoms with Gasteiger partial charge in [0.05, 0.1) is 0 Å². The van der Waals surface area contributed by atoms with Gasteiger partial charge in [-0.1, -0.05) is 6.07 Å². The van der Waals surface area contributed by atoms with Crippen molar-refractivity contribution in [3.05, 3.63) is 23.9 Å². The van der Waals surface area contributed by atoms with Crippen LogP contribution in [0.4, 0.5) is 4.79 Å². The predicted molar refractivity (Wildman–Crippen MR) is 57.9 cm³/mol. The third-order valence-electron chi connectivity index (χ3n) is 1.56. The highest BCUT2D eigenvalue weighted by Gasteiger charge is 2.15. The second-order valence-electron chi connectivity index (χ2n) is 4.44. The fourth-order valence-corrected chi connectivity index (χ4v) is 0.941. The van der Waals surface area contributed by atoms with Gasteiger partial charge in [0.25, 0.3) is 0 Å². The predicted octanol–water partition coefficient (Wildman–Crippen LogP) is 2.28. The van der Waals surface area contributed by atoms with Crippen LogP contribution in [-0.2, 0) is 0 Å². The van der Waals surface area contributed by atoms with E-state index in [9.17, 15) is 4.79 Å². The number of nitrogens with zero attached hydrogens (tertiary/aromatic N) is 1. The molecule has 82 valence electrons. The van der Waals surface area contributed by atoms with Gasteiger partial charge in [-0.15, -0.1) is 0 Å². The molecule has 0 saturated heterocycles. The molecular weight excluding hydrogens is 192 g/mol. The molecule has 0 aromatic carbocycles. The van der Waals surface area contributed by atoms with Crippen LogP contribution >= 0.6 is 0 Å². The van der Waals surface area contributed by atoms with Gasteiger partial charge in [0.1, 0.15) is 0 Å². The number of aryl methyl sites for hydroxylation is 1. The second-order valence-corrected chi connectivity index (χ2v) is 4.44. The van der Waals surface area contributed by atoms with Crippen molar-refractivity contribution >= 4 is 6.09 Å². The molecule has 0 unspecified atom stereocenters. The van der Waals surface area contributed by atoms with Crippen LogP contribution in [-0.4, -0.2) is 16.6 Å². The van der Waals surface area contributed by atoms with Crippen molar-refractivity contribution in [2.75, 3.05) is 0 Å². The summed E-state index contributed by atoms with van der Waals surface area (Å²) in [6, 6.07) is 3.50. The highest BCUT2D eigenvalue weighted by atomic mass is 16.6. The van der Waals surface area contributed by atoms with Crippen LogP contribution in [0.1, 0.15) is 26.3 Å². The van der Waals surface area contributed by atoms with Gasteiger partial charge in [0.2, 0.25) is 5.88 Å². The molecule has 0 aliphatic heterocycles. The van der Waals surface area contributed by atoms with Gasteiger partial charge >= 0.3 is 6.09 Å². The summed E-state index contributed by atoms with van der Waals surface area (Å²) in [6.45, 7) is 7.58. The van der Waals surface area contributed by atoms with Gasteiger partial charge in [0.15, 0.2) is 0 Å². The quantitative estimate of drug-likeness (QED) is 0.770. The lowest BCUT2D eigenvalue weighted by molar-refractivity contribution is 0.189. The van der Waals surface area contributed by atoms with E-state index in [-0.39, 0.29) is 5.54 Å². The Morgan fingerprint density at radius 1 is 1.40 bits per heavy atom. The van der Waals surface area contributed by atoms with E-state index in [2.05, 4.69) is 10.3 Å². The average molecular weight is 208 g/mol. The molecule has 1 aromatic rings. The van der Waals surface area contributed by atoms with E-state index < -0.39 is 6.09 Å². The van der Waals surface area contributed by atoms with Gasteiger partial charge in [0, 0.05) is 17.8 Å². The van der Waals surface area contributed by atoms with E-state index in [1.165, 1.54) is 0 Å². The standard InChI is InChI=1S/C11H16N2O2/c1-8-5-6-9(12-7-8)15-10(14)13-11(2,3)4/h5-7H,1-4H3,(H,13,14). The number of nitrogens with one attached hydrogen (secondary N) is 1. The summed E-state index contributed by atoms with van der Waals surface area (Å²) < 4.78 is 4.98. The summed E-state index contributed by atoms with van der Waals surface area (Å²) in [5, 5.41) is 2.68. The van der Waals surface area contributed by atoms with Crippen molar-refractivity contribution in [3.8, 4) is 5.88 Å². The molecule has 1 amide bonds. The Morgan fingerprint density at radius 3 is 2.53 bits per heavy atom. The van der Waals surface area contributed by atoms with Crippen LogP contribution in [0.5, 0.6) is 5.88 Å². The van der Waals surface area contributed by atoms with Crippen molar-refractivity contribution in [1.82, 2.24) is 10.3 Å². The summed E-state index contributed by atoms with van der Waals surface area (Å²) in [5.41, 5.74) is 0.723. The number of ether oxygens (including phenoxy) is 1. The highest BCUT2D eigenvalue weighted by molar-refractivity contribution is 5.70. The molecule has 15 heavy (non-hydrogen) atoms. The van der Waals surface area contributed by atoms with Gasteiger partial charge in [-0.05, 0) is 33.3 Å². The lowest BCUT2D eigenvalue weighted by Crippen LogP contribution is -2.42. The van der Waals surface area contributed by atoms with Crippen LogP contribution in [0.15, 0.2) is 18.3 Å². The van der Waals surface area contributed by atoms with E-state index in [1.54, 1.807) is 12.3 Å². The maximum atomic E-state index is 11.3. The number of pyridine rings is 1. The number of hydrogen-bond acceptors (Lipinski definition) is 3. The largest absolute Gasteiger partial charge is 0.414 e. The molecule has 0 fully saturated rings. The van der Waals surface area contributed by atoms with Crippen LogP contribution in [0.25, 0.3) is 0 Å². The molecule has 0 atom stereocenters. The molecule has 0 spiro atoms. The van der Waals surface area contributed by atoms with E-state index in [1.807, 2.05) is 33.8 Å². The van der Waals surface area contributed by atoms with Crippen molar-refractivity contribution < 1.29 is 9.53 Å².